The topological polar surface area (TPSA) is 30.3 Å². The minimum atomic E-state index is 0.441. The van der Waals surface area contributed by atoms with Gasteiger partial charge in [0.2, 0.25) is 0 Å². The molecule has 0 aromatic rings. The minimum Gasteiger partial charge on any atom is -0.338 e. The lowest BCUT2D eigenvalue weighted by atomic mass is 10.00. The highest BCUT2D eigenvalue weighted by atomic mass is 15.4. The Labute approximate surface area is 254 Å². The smallest absolute Gasteiger partial charge is 0.194 e. The molecule has 4 unspecified atom stereocenters. The van der Waals surface area contributed by atoms with E-state index in [1.54, 1.807) is 0 Å². The SMILES string of the molecule is CCCCCCCC(C)N(C(=N)N(C(C)CCCCCCC)C(C)CCCCCCC)C(C)CCCCCCC. The van der Waals surface area contributed by atoms with Crippen LogP contribution in [0.5, 0.6) is 0 Å². The van der Waals surface area contributed by atoms with Crippen LogP contribution in [0.1, 0.15) is 209 Å². The summed E-state index contributed by atoms with van der Waals surface area (Å²) >= 11 is 0. The summed E-state index contributed by atoms with van der Waals surface area (Å²) in [5, 5.41) is 9.76. The normalized spacial score (nSPS) is 14.6. The van der Waals surface area contributed by atoms with Gasteiger partial charge in [-0.2, -0.15) is 0 Å². The molecule has 0 aromatic carbocycles. The molecular formula is C37H77N3. The molecule has 240 valence electrons. The third-order valence-corrected chi connectivity index (χ3v) is 9.29. The van der Waals surface area contributed by atoms with E-state index < -0.39 is 0 Å². The van der Waals surface area contributed by atoms with Crippen molar-refractivity contribution in [2.75, 3.05) is 0 Å². The molecule has 0 aliphatic rings. The summed E-state index contributed by atoms with van der Waals surface area (Å²) in [6.07, 6.45) is 31.6. The first-order chi connectivity index (χ1) is 19.3. The Bertz CT molecular complexity index is 462. The quantitative estimate of drug-likeness (QED) is 0.0583. The van der Waals surface area contributed by atoms with Crippen LogP contribution in [0, 0.1) is 5.41 Å². The van der Waals surface area contributed by atoms with Crippen molar-refractivity contribution in [1.29, 1.82) is 5.41 Å². The third-order valence-electron chi connectivity index (χ3n) is 9.29. The molecule has 0 spiro atoms. The van der Waals surface area contributed by atoms with Gasteiger partial charge in [-0.3, -0.25) is 5.41 Å². The van der Waals surface area contributed by atoms with Crippen molar-refractivity contribution >= 4 is 5.96 Å². The summed E-state index contributed by atoms with van der Waals surface area (Å²) in [6.45, 7) is 18.9. The third kappa shape index (κ3) is 18.7. The van der Waals surface area contributed by atoms with Gasteiger partial charge < -0.3 is 9.80 Å². The first-order valence-electron chi connectivity index (χ1n) is 18.5. The molecule has 0 aliphatic heterocycles. The van der Waals surface area contributed by atoms with Gasteiger partial charge in [-0.15, -0.1) is 0 Å². The van der Waals surface area contributed by atoms with Crippen LogP contribution in [0.2, 0.25) is 0 Å². The Kier molecular flexibility index (Phi) is 26.6. The highest BCUT2D eigenvalue weighted by molar-refractivity contribution is 5.78. The van der Waals surface area contributed by atoms with Crippen LogP contribution in [0.25, 0.3) is 0 Å². The fraction of sp³-hybridized carbons (Fsp3) is 0.973. The monoisotopic (exact) mass is 564 g/mol. The summed E-state index contributed by atoms with van der Waals surface area (Å²) in [6, 6.07) is 1.76. The molecule has 3 heteroatoms. The van der Waals surface area contributed by atoms with Crippen molar-refractivity contribution in [3.63, 3.8) is 0 Å². The van der Waals surface area contributed by atoms with Crippen LogP contribution in [0.15, 0.2) is 0 Å². The molecule has 3 nitrogen and oxygen atoms in total. The lowest BCUT2D eigenvalue weighted by Gasteiger charge is -2.46. The van der Waals surface area contributed by atoms with E-state index in [4.69, 9.17) is 0 Å². The predicted molar refractivity (Wildman–Crippen MR) is 183 cm³/mol. The van der Waals surface area contributed by atoms with Gasteiger partial charge in [-0.05, 0) is 53.4 Å². The van der Waals surface area contributed by atoms with Crippen molar-refractivity contribution in [3.05, 3.63) is 0 Å². The zero-order valence-corrected chi connectivity index (χ0v) is 29.2. The number of hydrogen-bond donors (Lipinski definition) is 1. The maximum Gasteiger partial charge on any atom is 0.194 e. The lowest BCUT2D eigenvalue weighted by molar-refractivity contribution is 0.151. The van der Waals surface area contributed by atoms with Gasteiger partial charge >= 0.3 is 0 Å². The van der Waals surface area contributed by atoms with Gasteiger partial charge in [-0.1, -0.05) is 156 Å². The Balaban J connectivity index is 5.62. The summed E-state index contributed by atoms with van der Waals surface area (Å²) in [5.74, 6) is 0.837. The minimum absolute atomic E-state index is 0.441. The van der Waals surface area contributed by atoms with Crippen LogP contribution in [0.4, 0.5) is 0 Å². The number of nitrogens with one attached hydrogen (secondary N) is 1. The average molecular weight is 564 g/mol. The Morgan fingerprint density at radius 2 is 0.575 bits per heavy atom. The number of unbranched alkanes of at least 4 members (excludes halogenated alkanes) is 16. The largest absolute Gasteiger partial charge is 0.338 e. The van der Waals surface area contributed by atoms with Crippen molar-refractivity contribution in [2.24, 2.45) is 0 Å². The first kappa shape index (κ1) is 39.3. The molecule has 40 heavy (non-hydrogen) atoms. The van der Waals surface area contributed by atoms with Crippen LogP contribution >= 0.6 is 0 Å². The highest BCUT2D eigenvalue weighted by Crippen LogP contribution is 2.25. The summed E-state index contributed by atoms with van der Waals surface area (Å²) in [7, 11) is 0. The molecular weight excluding hydrogens is 486 g/mol. The molecule has 0 aromatic heterocycles. The molecule has 0 radical (unpaired) electrons. The molecule has 4 atom stereocenters. The summed E-state index contributed by atoms with van der Waals surface area (Å²) in [4.78, 5) is 5.14. The molecule has 0 saturated heterocycles. The second kappa shape index (κ2) is 27.1. The molecule has 0 saturated carbocycles. The second-order valence-corrected chi connectivity index (χ2v) is 13.3. The number of nitrogens with zero attached hydrogens (tertiary/aromatic N) is 2. The zero-order chi connectivity index (χ0) is 30.0. The molecule has 0 aliphatic carbocycles. The van der Waals surface area contributed by atoms with E-state index in [-0.39, 0.29) is 0 Å². The van der Waals surface area contributed by atoms with Crippen molar-refractivity contribution < 1.29 is 0 Å². The molecule has 0 amide bonds. The second-order valence-electron chi connectivity index (χ2n) is 13.3. The van der Waals surface area contributed by atoms with Gasteiger partial charge in [0, 0.05) is 24.2 Å². The maximum atomic E-state index is 9.76. The van der Waals surface area contributed by atoms with Gasteiger partial charge in [0.05, 0.1) is 0 Å². The lowest BCUT2D eigenvalue weighted by Crippen LogP contribution is -2.56. The van der Waals surface area contributed by atoms with E-state index in [1.165, 1.54) is 154 Å². The number of rotatable bonds is 28. The zero-order valence-electron chi connectivity index (χ0n) is 29.2. The summed E-state index contributed by atoms with van der Waals surface area (Å²) < 4.78 is 0. The van der Waals surface area contributed by atoms with E-state index in [1.807, 2.05) is 0 Å². The Morgan fingerprint density at radius 3 is 0.775 bits per heavy atom. The van der Waals surface area contributed by atoms with E-state index in [2.05, 4.69) is 65.2 Å². The van der Waals surface area contributed by atoms with Crippen molar-refractivity contribution in [2.45, 2.75) is 234 Å². The molecule has 0 bridgehead atoms. The van der Waals surface area contributed by atoms with E-state index in [0.29, 0.717) is 24.2 Å². The highest BCUT2D eigenvalue weighted by Gasteiger charge is 2.31. The first-order valence-corrected chi connectivity index (χ1v) is 18.5. The van der Waals surface area contributed by atoms with Gasteiger partial charge in [0.25, 0.3) is 0 Å². The molecule has 0 fully saturated rings. The molecule has 1 N–H and O–H groups in total. The van der Waals surface area contributed by atoms with Crippen molar-refractivity contribution in [3.8, 4) is 0 Å². The summed E-state index contributed by atoms with van der Waals surface area (Å²) in [5.41, 5.74) is 0. The fourth-order valence-electron chi connectivity index (χ4n) is 6.57. The number of guanidine groups is 1. The van der Waals surface area contributed by atoms with Gasteiger partial charge in [0.1, 0.15) is 0 Å². The van der Waals surface area contributed by atoms with E-state index in [0.717, 1.165) is 5.96 Å². The fourth-order valence-corrected chi connectivity index (χ4v) is 6.57. The maximum absolute atomic E-state index is 9.76. The van der Waals surface area contributed by atoms with Gasteiger partial charge in [0.15, 0.2) is 5.96 Å². The van der Waals surface area contributed by atoms with E-state index >= 15 is 0 Å². The predicted octanol–water partition coefficient (Wildman–Crippen LogP) is 12.5. The van der Waals surface area contributed by atoms with Crippen LogP contribution in [0.3, 0.4) is 0 Å². The Hall–Kier alpha value is -0.730. The van der Waals surface area contributed by atoms with Crippen LogP contribution in [-0.2, 0) is 0 Å². The number of hydrogen-bond acceptors (Lipinski definition) is 1. The van der Waals surface area contributed by atoms with Gasteiger partial charge in [-0.25, -0.2) is 0 Å². The van der Waals surface area contributed by atoms with Crippen molar-refractivity contribution in [1.82, 2.24) is 9.80 Å². The average Bonchev–Trinajstić information content (AvgIpc) is 2.92. The molecule has 0 heterocycles. The van der Waals surface area contributed by atoms with Crippen LogP contribution < -0.4 is 0 Å². The Morgan fingerprint density at radius 1 is 0.375 bits per heavy atom. The molecule has 0 rings (SSSR count). The van der Waals surface area contributed by atoms with E-state index in [9.17, 15) is 5.41 Å². The van der Waals surface area contributed by atoms with Crippen LogP contribution in [-0.4, -0.2) is 39.9 Å². The standard InChI is InChI=1S/C37H77N3/c1-9-13-17-21-25-29-33(5)39(34(6)30-26-22-18-14-10-2)37(38)40(35(7)31-27-23-19-15-11-3)36(8)32-28-24-20-16-12-4/h33-36,38H,9-32H2,1-8H3.